The summed E-state index contributed by atoms with van der Waals surface area (Å²) in [5, 5.41) is 13.1. The zero-order valence-electron chi connectivity index (χ0n) is 11.1. The van der Waals surface area contributed by atoms with Crippen LogP contribution in [0.2, 0.25) is 0 Å². The van der Waals surface area contributed by atoms with Crippen LogP contribution in [0.25, 0.3) is 0 Å². The second kappa shape index (κ2) is 6.41. The molecule has 2 aliphatic rings. The third-order valence-electron chi connectivity index (χ3n) is 4.11. The van der Waals surface area contributed by atoms with Gasteiger partial charge >= 0.3 is 6.18 Å². The maximum absolute atomic E-state index is 12.3. The van der Waals surface area contributed by atoms with Crippen LogP contribution in [-0.2, 0) is 0 Å². The maximum Gasteiger partial charge on any atom is 0.401 e. The summed E-state index contributed by atoms with van der Waals surface area (Å²) in [6.07, 6.45) is 0.993. The number of halogens is 3. The smallest absolute Gasteiger partial charge is 0.393 e. The number of piperidine rings is 1. The number of rotatable bonds is 3. The Morgan fingerprint density at radius 1 is 1.05 bits per heavy atom. The monoisotopic (exact) mass is 280 g/mol. The van der Waals surface area contributed by atoms with Gasteiger partial charge in [0.05, 0.1) is 12.6 Å². The summed E-state index contributed by atoms with van der Waals surface area (Å²) in [7, 11) is 0. The van der Waals surface area contributed by atoms with Crippen LogP contribution in [0.1, 0.15) is 38.5 Å². The number of aliphatic hydroxyl groups excluding tert-OH is 1. The Hall–Kier alpha value is -0.330. The molecule has 1 aliphatic carbocycles. The fourth-order valence-corrected chi connectivity index (χ4v) is 3.16. The Morgan fingerprint density at radius 2 is 1.74 bits per heavy atom. The van der Waals surface area contributed by atoms with E-state index in [0.717, 1.165) is 38.5 Å². The summed E-state index contributed by atoms with van der Waals surface area (Å²) >= 11 is 0. The molecule has 1 aliphatic heterocycles. The highest BCUT2D eigenvalue weighted by molar-refractivity contribution is 4.84. The molecule has 1 saturated heterocycles. The minimum Gasteiger partial charge on any atom is -0.393 e. The average Bonchev–Trinajstić information content (AvgIpc) is 2.30. The molecule has 6 heteroatoms. The van der Waals surface area contributed by atoms with Crippen LogP contribution >= 0.6 is 0 Å². The van der Waals surface area contributed by atoms with E-state index in [0.29, 0.717) is 25.2 Å². The zero-order valence-corrected chi connectivity index (χ0v) is 11.1. The van der Waals surface area contributed by atoms with Gasteiger partial charge in [-0.15, -0.1) is 0 Å². The van der Waals surface area contributed by atoms with Crippen LogP contribution < -0.4 is 5.32 Å². The fraction of sp³-hybridized carbons (Fsp3) is 1.00. The van der Waals surface area contributed by atoms with E-state index in [1.54, 1.807) is 0 Å². The molecule has 2 unspecified atom stereocenters. The molecule has 19 heavy (non-hydrogen) atoms. The van der Waals surface area contributed by atoms with Crippen molar-refractivity contribution in [3.63, 3.8) is 0 Å². The van der Waals surface area contributed by atoms with Gasteiger partial charge in [-0.3, -0.25) is 4.90 Å². The number of nitrogens with zero attached hydrogens (tertiary/aromatic N) is 1. The predicted octanol–water partition coefficient (Wildman–Crippen LogP) is 1.91. The quantitative estimate of drug-likeness (QED) is 0.829. The molecule has 1 saturated carbocycles. The third kappa shape index (κ3) is 5.28. The number of hydrogen-bond donors (Lipinski definition) is 2. The van der Waals surface area contributed by atoms with Gasteiger partial charge in [-0.25, -0.2) is 0 Å². The van der Waals surface area contributed by atoms with Crippen LogP contribution in [0.5, 0.6) is 0 Å². The summed E-state index contributed by atoms with van der Waals surface area (Å²) in [4.78, 5) is 1.48. The van der Waals surface area contributed by atoms with Gasteiger partial charge in [0.1, 0.15) is 0 Å². The standard InChI is InChI=1S/C13H23F3N2O/c14-13(15,16)9-18-6-4-10(5-7-18)17-11-2-1-3-12(19)8-11/h10-12,17,19H,1-9H2. The van der Waals surface area contributed by atoms with E-state index in [4.69, 9.17) is 0 Å². The molecule has 0 amide bonds. The van der Waals surface area contributed by atoms with Crippen molar-refractivity contribution in [1.29, 1.82) is 0 Å². The van der Waals surface area contributed by atoms with E-state index in [1.807, 2.05) is 0 Å². The SMILES string of the molecule is OC1CCCC(NC2CCN(CC(F)(F)F)CC2)C1. The van der Waals surface area contributed by atoms with Gasteiger partial charge in [0.2, 0.25) is 0 Å². The Bertz CT molecular complexity index is 278. The van der Waals surface area contributed by atoms with Gasteiger partial charge in [-0.2, -0.15) is 13.2 Å². The minimum absolute atomic E-state index is 0.212. The van der Waals surface area contributed by atoms with Crippen molar-refractivity contribution < 1.29 is 18.3 Å². The van der Waals surface area contributed by atoms with Crippen molar-refractivity contribution in [1.82, 2.24) is 10.2 Å². The highest BCUT2D eigenvalue weighted by Gasteiger charge is 2.33. The molecule has 3 nitrogen and oxygen atoms in total. The molecule has 0 aromatic carbocycles. The lowest BCUT2D eigenvalue weighted by molar-refractivity contribution is -0.148. The van der Waals surface area contributed by atoms with Gasteiger partial charge in [0.15, 0.2) is 0 Å². The molecule has 1 heterocycles. The molecule has 0 radical (unpaired) electrons. The summed E-state index contributed by atoms with van der Waals surface area (Å²) in [6.45, 7) is 0.223. The molecular formula is C13H23F3N2O. The van der Waals surface area contributed by atoms with Crippen molar-refractivity contribution in [2.75, 3.05) is 19.6 Å². The highest BCUT2D eigenvalue weighted by atomic mass is 19.4. The lowest BCUT2D eigenvalue weighted by Crippen LogP contribution is -2.49. The van der Waals surface area contributed by atoms with Gasteiger partial charge in [0.25, 0.3) is 0 Å². The number of hydrogen-bond acceptors (Lipinski definition) is 3. The fourth-order valence-electron chi connectivity index (χ4n) is 3.16. The normalized spacial score (nSPS) is 31.6. The molecule has 2 atom stereocenters. The topological polar surface area (TPSA) is 35.5 Å². The lowest BCUT2D eigenvalue weighted by Gasteiger charge is -2.36. The van der Waals surface area contributed by atoms with Crippen LogP contribution in [-0.4, -0.2) is 54.0 Å². The first-order valence-corrected chi connectivity index (χ1v) is 7.15. The number of nitrogens with one attached hydrogen (secondary N) is 1. The summed E-state index contributed by atoms with van der Waals surface area (Å²) in [5.41, 5.74) is 0. The molecule has 0 aromatic heterocycles. The average molecular weight is 280 g/mol. The molecule has 0 spiro atoms. The van der Waals surface area contributed by atoms with Crippen LogP contribution in [0, 0.1) is 0 Å². The molecular weight excluding hydrogens is 257 g/mol. The number of likely N-dealkylation sites (tertiary alicyclic amines) is 1. The van der Waals surface area contributed by atoms with E-state index in [-0.39, 0.29) is 6.10 Å². The first kappa shape index (κ1) is 15.1. The van der Waals surface area contributed by atoms with Gasteiger partial charge in [0, 0.05) is 12.1 Å². The molecule has 0 bridgehead atoms. The Kier molecular flexibility index (Phi) is 5.09. The van der Waals surface area contributed by atoms with E-state index in [9.17, 15) is 18.3 Å². The summed E-state index contributed by atoms with van der Waals surface area (Å²) < 4.78 is 36.8. The second-order valence-corrected chi connectivity index (χ2v) is 5.85. The molecule has 2 rings (SSSR count). The summed E-state index contributed by atoms with van der Waals surface area (Å²) in [6, 6.07) is 0.641. The largest absolute Gasteiger partial charge is 0.401 e. The van der Waals surface area contributed by atoms with Crippen molar-refractivity contribution >= 4 is 0 Å². The van der Waals surface area contributed by atoms with Gasteiger partial charge in [-0.1, -0.05) is 0 Å². The van der Waals surface area contributed by atoms with Crippen molar-refractivity contribution in [2.24, 2.45) is 0 Å². The Balaban J connectivity index is 1.68. The molecule has 112 valence electrons. The van der Waals surface area contributed by atoms with Crippen LogP contribution in [0.3, 0.4) is 0 Å². The van der Waals surface area contributed by atoms with E-state index >= 15 is 0 Å². The highest BCUT2D eigenvalue weighted by Crippen LogP contribution is 2.22. The molecule has 0 aromatic rings. The summed E-state index contributed by atoms with van der Waals surface area (Å²) in [5.74, 6) is 0. The van der Waals surface area contributed by atoms with E-state index < -0.39 is 12.7 Å². The Morgan fingerprint density at radius 3 is 2.32 bits per heavy atom. The predicted molar refractivity (Wildman–Crippen MR) is 66.9 cm³/mol. The lowest BCUT2D eigenvalue weighted by atomic mass is 9.91. The Labute approximate surface area is 112 Å². The first-order chi connectivity index (χ1) is 8.92. The number of aliphatic hydroxyl groups is 1. The van der Waals surface area contributed by atoms with Gasteiger partial charge in [-0.05, 0) is 51.6 Å². The maximum atomic E-state index is 12.3. The van der Waals surface area contributed by atoms with E-state index in [2.05, 4.69) is 5.32 Å². The van der Waals surface area contributed by atoms with Crippen molar-refractivity contribution in [3.8, 4) is 0 Å². The third-order valence-corrected chi connectivity index (χ3v) is 4.11. The molecule has 2 fully saturated rings. The van der Waals surface area contributed by atoms with Gasteiger partial charge < -0.3 is 10.4 Å². The number of alkyl halides is 3. The first-order valence-electron chi connectivity index (χ1n) is 7.15. The van der Waals surface area contributed by atoms with Crippen LogP contribution in [0.15, 0.2) is 0 Å². The minimum atomic E-state index is -4.09. The van der Waals surface area contributed by atoms with Crippen molar-refractivity contribution in [3.05, 3.63) is 0 Å². The van der Waals surface area contributed by atoms with E-state index in [1.165, 1.54) is 4.90 Å². The van der Waals surface area contributed by atoms with Crippen molar-refractivity contribution in [2.45, 2.75) is 62.9 Å². The zero-order chi connectivity index (χ0) is 13.9. The molecule has 2 N–H and O–H groups in total. The second-order valence-electron chi connectivity index (χ2n) is 5.85. The van der Waals surface area contributed by atoms with Crippen LogP contribution in [0.4, 0.5) is 13.2 Å².